The molecule has 0 amide bonds. The molecule has 0 spiro atoms. The number of aryl methyl sites for hydroxylation is 1. The van der Waals surface area contributed by atoms with Crippen molar-refractivity contribution in [1.82, 2.24) is 0 Å². The summed E-state index contributed by atoms with van der Waals surface area (Å²) in [5.41, 5.74) is 2.51. The molecule has 0 saturated heterocycles. The summed E-state index contributed by atoms with van der Waals surface area (Å²) in [6.45, 7) is 6.57. The fourth-order valence-corrected chi connectivity index (χ4v) is 5.21. The van der Waals surface area contributed by atoms with Gasteiger partial charge in [-0.05, 0) is 67.2 Å². The van der Waals surface area contributed by atoms with E-state index < -0.39 is 0 Å². The van der Waals surface area contributed by atoms with Gasteiger partial charge in [0.2, 0.25) is 0 Å². The minimum atomic E-state index is 0.220. The Bertz CT molecular complexity index is 621. The second kappa shape index (κ2) is 9.17. The van der Waals surface area contributed by atoms with Crippen molar-refractivity contribution >= 4 is 11.6 Å². The minimum absolute atomic E-state index is 0.220. The summed E-state index contributed by atoms with van der Waals surface area (Å²) in [5.74, 6) is 2.74. The molecule has 4 atom stereocenters. The van der Waals surface area contributed by atoms with E-state index in [2.05, 4.69) is 13.8 Å². The van der Waals surface area contributed by atoms with Crippen molar-refractivity contribution in [3.05, 3.63) is 34.9 Å². The van der Waals surface area contributed by atoms with Crippen molar-refractivity contribution in [3.63, 3.8) is 0 Å². The summed E-state index contributed by atoms with van der Waals surface area (Å²) in [6, 6.07) is 5.81. The van der Waals surface area contributed by atoms with Crippen molar-refractivity contribution in [1.29, 1.82) is 0 Å². The highest BCUT2D eigenvalue weighted by molar-refractivity contribution is 6.01. The Labute approximate surface area is 165 Å². The lowest BCUT2D eigenvalue weighted by Gasteiger charge is -2.28. The molecule has 1 aromatic carbocycles. The molecule has 1 aromatic rings. The quantitative estimate of drug-likeness (QED) is 0.518. The maximum absolute atomic E-state index is 12.9. The first-order valence-corrected chi connectivity index (χ1v) is 11.1. The Balaban J connectivity index is 1.69. The molecule has 27 heavy (non-hydrogen) atoms. The lowest BCUT2D eigenvalue weighted by atomic mass is 9.76. The van der Waals surface area contributed by atoms with Crippen LogP contribution in [0.5, 0.6) is 0 Å². The number of carbonyl (C=O) groups is 2. The minimum Gasteiger partial charge on any atom is -0.294 e. The second-order valence-corrected chi connectivity index (χ2v) is 9.39. The molecule has 2 heteroatoms. The van der Waals surface area contributed by atoms with Gasteiger partial charge in [0.25, 0.3) is 0 Å². The van der Waals surface area contributed by atoms with Crippen LogP contribution < -0.4 is 0 Å². The third kappa shape index (κ3) is 5.30. The molecule has 0 N–H and O–H groups in total. The average molecular weight is 369 g/mol. The summed E-state index contributed by atoms with van der Waals surface area (Å²) in [6.07, 6.45) is 11.2. The molecule has 2 aliphatic carbocycles. The number of rotatable bonds is 6. The number of Topliss-reactive ketones (excluding diaryl/α,β-unsaturated/α-hetero) is 2. The monoisotopic (exact) mass is 368 g/mol. The third-order valence-electron chi connectivity index (χ3n) is 7.19. The Hall–Kier alpha value is -1.44. The summed E-state index contributed by atoms with van der Waals surface area (Å²) in [5, 5.41) is 0. The van der Waals surface area contributed by atoms with Crippen molar-refractivity contribution < 1.29 is 9.59 Å². The summed E-state index contributed by atoms with van der Waals surface area (Å²) in [7, 11) is 0. The molecule has 0 heterocycles. The van der Waals surface area contributed by atoms with Gasteiger partial charge in [0.15, 0.2) is 11.6 Å². The van der Waals surface area contributed by atoms with Crippen molar-refractivity contribution in [2.75, 3.05) is 0 Å². The van der Waals surface area contributed by atoms with Gasteiger partial charge in [-0.1, -0.05) is 52.4 Å². The molecule has 0 aliphatic heterocycles. The van der Waals surface area contributed by atoms with E-state index in [1.54, 1.807) is 0 Å². The lowest BCUT2D eigenvalue weighted by Crippen LogP contribution is -2.21. The van der Waals surface area contributed by atoms with E-state index in [0.29, 0.717) is 36.5 Å². The van der Waals surface area contributed by atoms with Gasteiger partial charge in [0.05, 0.1) is 0 Å². The lowest BCUT2D eigenvalue weighted by molar-refractivity contribution is 0.0927. The number of ketones is 2. The highest BCUT2D eigenvalue weighted by Gasteiger charge is 2.26. The molecule has 0 radical (unpaired) electrons. The topological polar surface area (TPSA) is 34.1 Å². The van der Waals surface area contributed by atoms with Gasteiger partial charge in [0.1, 0.15) is 0 Å². The second-order valence-electron chi connectivity index (χ2n) is 9.39. The van der Waals surface area contributed by atoms with E-state index in [4.69, 9.17) is 0 Å². The molecule has 0 bridgehead atoms. The van der Waals surface area contributed by atoms with Gasteiger partial charge >= 0.3 is 0 Å². The zero-order valence-corrected chi connectivity index (χ0v) is 17.4. The first-order chi connectivity index (χ1) is 12.9. The molecular formula is C25H36O2. The zero-order valence-electron chi connectivity index (χ0n) is 17.4. The van der Waals surface area contributed by atoms with E-state index in [1.165, 1.54) is 51.4 Å². The number of benzene rings is 1. The van der Waals surface area contributed by atoms with Crippen LogP contribution in [-0.2, 0) is 0 Å². The fraction of sp³-hybridized carbons (Fsp3) is 0.680. The van der Waals surface area contributed by atoms with Crippen LogP contribution >= 0.6 is 0 Å². The molecule has 148 valence electrons. The van der Waals surface area contributed by atoms with Crippen molar-refractivity contribution in [3.8, 4) is 0 Å². The summed E-state index contributed by atoms with van der Waals surface area (Å²) >= 11 is 0. The van der Waals surface area contributed by atoms with Crippen molar-refractivity contribution in [2.45, 2.75) is 85.0 Å². The average Bonchev–Trinajstić information content (AvgIpc) is 2.65. The largest absolute Gasteiger partial charge is 0.294 e. The summed E-state index contributed by atoms with van der Waals surface area (Å²) in [4.78, 5) is 25.8. The highest BCUT2D eigenvalue weighted by Crippen LogP contribution is 2.34. The van der Waals surface area contributed by atoms with Crippen LogP contribution in [-0.4, -0.2) is 11.6 Å². The van der Waals surface area contributed by atoms with Crippen LogP contribution in [0.2, 0.25) is 0 Å². The van der Waals surface area contributed by atoms with Crippen molar-refractivity contribution in [2.24, 2.45) is 23.7 Å². The maximum atomic E-state index is 12.9. The van der Waals surface area contributed by atoms with Crippen LogP contribution in [0.1, 0.15) is 104 Å². The predicted molar refractivity (Wildman–Crippen MR) is 111 cm³/mol. The van der Waals surface area contributed by atoms with E-state index in [9.17, 15) is 9.59 Å². The van der Waals surface area contributed by atoms with Gasteiger partial charge in [-0.25, -0.2) is 0 Å². The molecule has 2 saturated carbocycles. The third-order valence-corrected chi connectivity index (χ3v) is 7.19. The molecule has 3 rings (SSSR count). The fourth-order valence-electron chi connectivity index (χ4n) is 5.21. The Morgan fingerprint density at radius 1 is 0.741 bits per heavy atom. The first-order valence-electron chi connectivity index (χ1n) is 11.1. The molecular weight excluding hydrogens is 332 g/mol. The van der Waals surface area contributed by atoms with Gasteiger partial charge in [-0.15, -0.1) is 0 Å². The van der Waals surface area contributed by atoms with Gasteiger partial charge < -0.3 is 0 Å². The number of hydrogen-bond acceptors (Lipinski definition) is 2. The number of carbonyl (C=O) groups excluding carboxylic acids is 2. The number of hydrogen-bond donors (Lipinski definition) is 0. The van der Waals surface area contributed by atoms with Crippen LogP contribution in [0.15, 0.2) is 18.2 Å². The smallest absolute Gasteiger partial charge is 0.163 e. The molecule has 4 unspecified atom stereocenters. The molecule has 0 aromatic heterocycles. The van der Waals surface area contributed by atoms with E-state index in [0.717, 1.165) is 16.7 Å². The van der Waals surface area contributed by atoms with Crippen LogP contribution in [0.3, 0.4) is 0 Å². The van der Waals surface area contributed by atoms with E-state index >= 15 is 0 Å². The van der Waals surface area contributed by atoms with Crippen LogP contribution in [0.4, 0.5) is 0 Å². The first kappa shape index (κ1) is 20.3. The zero-order chi connectivity index (χ0) is 19.4. The van der Waals surface area contributed by atoms with E-state index in [-0.39, 0.29) is 11.6 Å². The summed E-state index contributed by atoms with van der Waals surface area (Å²) < 4.78 is 0. The molecule has 2 nitrogen and oxygen atoms in total. The Morgan fingerprint density at radius 3 is 1.56 bits per heavy atom. The predicted octanol–water partition coefficient (Wildman–Crippen LogP) is 6.79. The standard InChI is InChI=1S/C25H36O2/c1-17-12-22(24(26)15-20-10-6-4-8-18(20)2)14-23(13-17)25(27)16-21-11-7-5-9-19(21)3/h12-14,18-21H,4-11,15-16H2,1-3H3. The highest BCUT2D eigenvalue weighted by atomic mass is 16.1. The molecule has 2 aliphatic rings. The Morgan fingerprint density at radius 2 is 1.15 bits per heavy atom. The van der Waals surface area contributed by atoms with Crippen LogP contribution in [0, 0.1) is 30.6 Å². The van der Waals surface area contributed by atoms with Gasteiger partial charge in [-0.2, -0.15) is 0 Å². The van der Waals surface area contributed by atoms with E-state index in [1.807, 2.05) is 25.1 Å². The SMILES string of the molecule is Cc1cc(C(=O)CC2CCCCC2C)cc(C(=O)CC2CCCCC2C)c1. The normalized spacial score (nSPS) is 28.7. The van der Waals surface area contributed by atoms with Gasteiger partial charge in [-0.3, -0.25) is 9.59 Å². The van der Waals surface area contributed by atoms with Crippen LogP contribution in [0.25, 0.3) is 0 Å². The van der Waals surface area contributed by atoms with Gasteiger partial charge in [0, 0.05) is 24.0 Å². The maximum Gasteiger partial charge on any atom is 0.163 e. The Kier molecular flexibility index (Phi) is 6.89. The molecule has 2 fully saturated rings.